The Labute approximate surface area is 125 Å². The van der Waals surface area contributed by atoms with Crippen molar-refractivity contribution in [2.75, 3.05) is 11.9 Å². The molecule has 0 spiro atoms. The van der Waals surface area contributed by atoms with Crippen LogP contribution in [0.1, 0.15) is 11.7 Å². The molecule has 0 saturated carbocycles. The third kappa shape index (κ3) is 3.19. The lowest BCUT2D eigenvalue weighted by molar-refractivity contribution is -0.0498. The Kier molecular flexibility index (Phi) is 3.84. The van der Waals surface area contributed by atoms with Crippen LogP contribution in [0.3, 0.4) is 0 Å². The summed E-state index contributed by atoms with van der Waals surface area (Å²) < 4.78 is 34.4. The maximum atomic E-state index is 12.1. The Morgan fingerprint density at radius 1 is 1.19 bits per heavy atom. The molecule has 21 heavy (non-hydrogen) atoms. The summed E-state index contributed by atoms with van der Waals surface area (Å²) in [7, 11) is 0. The first kappa shape index (κ1) is 13.9. The molecule has 0 amide bonds. The zero-order valence-corrected chi connectivity index (χ0v) is 11.6. The van der Waals surface area contributed by atoms with Crippen LogP contribution in [0, 0.1) is 0 Å². The van der Waals surface area contributed by atoms with Crippen molar-refractivity contribution in [1.29, 1.82) is 0 Å². The van der Waals surface area contributed by atoms with E-state index in [9.17, 15) is 8.78 Å². The molecule has 2 aromatic rings. The summed E-state index contributed by atoms with van der Waals surface area (Å²) in [5.74, 6) is 0.799. The van der Waals surface area contributed by atoms with Crippen molar-refractivity contribution in [3.63, 3.8) is 0 Å². The molecule has 110 valence electrons. The van der Waals surface area contributed by atoms with Crippen molar-refractivity contribution in [3.05, 3.63) is 53.1 Å². The van der Waals surface area contributed by atoms with Crippen molar-refractivity contribution in [1.82, 2.24) is 0 Å². The molecule has 1 atom stereocenters. The molecule has 1 aliphatic rings. The number of hydrogen-bond donors (Lipinski definition) is 1. The highest BCUT2D eigenvalue weighted by Crippen LogP contribution is 2.36. The predicted octanol–water partition coefficient (Wildman–Crippen LogP) is 4.49. The lowest BCUT2D eigenvalue weighted by Gasteiger charge is -2.27. The van der Waals surface area contributed by atoms with Gasteiger partial charge in [0.2, 0.25) is 0 Å². The summed E-state index contributed by atoms with van der Waals surface area (Å²) in [5.41, 5.74) is 1.75. The average Bonchev–Trinajstić information content (AvgIpc) is 2.46. The first-order valence-electron chi connectivity index (χ1n) is 6.36. The van der Waals surface area contributed by atoms with Gasteiger partial charge in [-0.1, -0.05) is 23.7 Å². The molecule has 0 radical (unpaired) electrons. The Morgan fingerprint density at radius 3 is 2.67 bits per heavy atom. The second-order valence-corrected chi connectivity index (χ2v) is 5.01. The van der Waals surface area contributed by atoms with E-state index in [1.54, 1.807) is 24.3 Å². The van der Waals surface area contributed by atoms with E-state index in [1.165, 1.54) is 12.1 Å². The summed E-state index contributed by atoms with van der Waals surface area (Å²) in [6.45, 7) is -2.23. The average molecular weight is 312 g/mol. The maximum Gasteiger partial charge on any atom is 0.387 e. The van der Waals surface area contributed by atoms with Crippen LogP contribution in [-0.2, 0) is 0 Å². The number of hydrogen-bond acceptors (Lipinski definition) is 3. The number of fused-ring (bicyclic) bond motifs is 1. The maximum absolute atomic E-state index is 12.1. The standard InChI is InChI=1S/C15H12ClF2NO2/c16-10-3-6-12-13(7-10)21-14(8-19-12)9-1-4-11(5-2-9)20-15(17)18/h1-7,14-15,19H,8H2. The molecular formula is C15H12ClF2NO2. The van der Waals surface area contributed by atoms with Crippen LogP contribution in [0.4, 0.5) is 14.5 Å². The van der Waals surface area contributed by atoms with Crippen molar-refractivity contribution < 1.29 is 18.3 Å². The van der Waals surface area contributed by atoms with E-state index in [0.717, 1.165) is 11.3 Å². The molecule has 0 aliphatic carbocycles. The van der Waals surface area contributed by atoms with Crippen LogP contribution in [0.5, 0.6) is 11.5 Å². The number of benzene rings is 2. The minimum Gasteiger partial charge on any atom is -0.482 e. The first-order valence-corrected chi connectivity index (χ1v) is 6.74. The summed E-state index contributed by atoms with van der Waals surface area (Å²) in [6.07, 6.45) is -0.212. The van der Waals surface area contributed by atoms with Crippen LogP contribution in [0.15, 0.2) is 42.5 Å². The summed E-state index contributed by atoms with van der Waals surface area (Å²) in [6, 6.07) is 11.8. The molecule has 0 saturated heterocycles. The van der Waals surface area contributed by atoms with Crippen LogP contribution in [0.2, 0.25) is 5.02 Å². The van der Waals surface area contributed by atoms with E-state index in [0.29, 0.717) is 17.3 Å². The van der Waals surface area contributed by atoms with E-state index in [-0.39, 0.29) is 11.9 Å². The Morgan fingerprint density at radius 2 is 1.95 bits per heavy atom. The fourth-order valence-corrected chi connectivity index (χ4v) is 2.35. The third-order valence-corrected chi connectivity index (χ3v) is 3.40. The quantitative estimate of drug-likeness (QED) is 0.906. The van der Waals surface area contributed by atoms with Crippen molar-refractivity contribution in [2.24, 2.45) is 0 Å². The van der Waals surface area contributed by atoms with Gasteiger partial charge in [0.25, 0.3) is 0 Å². The molecular weight excluding hydrogens is 300 g/mol. The first-order chi connectivity index (χ1) is 10.1. The number of ether oxygens (including phenoxy) is 2. The van der Waals surface area contributed by atoms with Crippen LogP contribution < -0.4 is 14.8 Å². The van der Waals surface area contributed by atoms with Gasteiger partial charge in [-0.15, -0.1) is 0 Å². The lowest BCUT2D eigenvalue weighted by atomic mass is 10.1. The van der Waals surface area contributed by atoms with Crippen molar-refractivity contribution in [2.45, 2.75) is 12.7 Å². The summed E-state index contributed by atoms with van der Waals surface area (Å²) >= 11 is 5.94. The van der Waals surface area contributed by atoms with Crippen LogP contribution in [-0.4, -0.2) is 13.2 Å². The number of halogens is 3. The van der Waals surface area contributed by atoms with Gasteiger partial charge >= 0.3 is 6.61 Å². The second kappa shape index (κ2) is 5.77. The molecule has 1 unspecified atom stereocenters. The highest BCUT2D eigenvalue weighted by atomic mass is 35.5. The van der Waals surface area contributed by atoms with Gasteiger partial charge in [-0.2, -0.15) is 8.78 Å². The highest BCUT2D eigenvalue weighted by Gasteiger charge is 2.21. The number of rotatable bonds is 3. The topological polar surface area (TPSA) is 30.5 Å². The van der Waals surface area contributed by atoms with Gasteiger partial charge in [0.05, 0.1) is 12.2 Å². The van der Waals surface area contributed by atoms with Gasteiger partial charge in [-0.05, 0) is 29.8 Å². The summed E-state index contributed by atoms with van der Waals surface area (Å²) in [5, 5.41) is 3.84. The Hall–Kier alpha value is -2.01. The van der Waals surface area contributed by atoms with Gasteiger partial charge in [0, 0.05) is 11.1 Å². The van der Waals surface area contributed by atoms with Gasteiger partial charge in [-0.25, -0.2) is 0 Å². The van der Waals surface area contributed by atoms with E-state index < -0.39 is 6.61 Å². The smallest absolute Gasteiger partial charge is 0.387 e. The molecule has 1 aliphatic heterocycles. The van der Waals surface area contributed by atoms with Crippen molar-refractivity contribution in [3.8, 4) is 11.5 Å². The zero-order valence-electron chi connectivity index (χ0n) is 10.9. The Bertz CT molecular complexity index is 634. The highest BCUT2D eigenvalue weighted by molar-refractivity contribution is 6.30. The van der Waals surface area contributed by atoms with E-state index in [1.807, 2.05) is 6.07 Å². The SMILES string of the molecule is FC(F)Oc1ccc(C2CNc3ccc(Cl)cc3O2)cc1. The molecule has 0 aromatic heterocycles. The van der Waals surface area contributed by atoms with Gasteiger partial charge in [-0.3, -0.25) is 0 Å². The molecule has 0 fully saturated rings. The zero-order chi connectivity index (χ0) is 14.8. The van der Waals surface area contributed by atoms with Gasteiger partial charge < -0.3 is 14.8 Å². The van der Waals surface area contributed by atoms with E-state index in [4.69, 9.17) is 16.3 Å². The number of alkyl halides is 2. The number of nitrogens with one attached hydrogen (secondary N) is 1. The fraction of sp³-hybridized carbons (Fsp3) is 0.200. The molecule has 6 heteroatoms. The fourth-order valence-electron chi connectivity index (χ4n) is 2.19. The molecule has 3 rings (SSSR count). The largest absolute Gasteiger partial charge is 0.482 e. The van der Waals surface area contributed by atoms with Gasteiger partial charge in [0.1, 0.15) is 17.6 Å². The summed E-state index contributed by atoms with van der Waals surface area (Å²) in [4.78, 5) is 0. The van der Waals surface area contributed by atoms with E-state index in [2.05, 4.69) is 10.1 Å². The van der Waals surface area contributed by atoms with Crippen LogP contribution in [0.25, 0.3) is 0 Å². The van der Waals surface area contributed by atoms with E-state index >= 15 is 0 Å². The normalized spacial score (nSPS) is 16.9. The lowest BCUT2D eigenvalue weighted by Crippen LogP contribution is -2.23. The molecule has 2 aromatic carbocycles. The molecule has 0 bridgehead atoms. The monoisotopic (exact) mass is 311 g/mol. The van der Waals surface area contributed by atoms with Crippen molar-refractivity contribution >= 4 is 17.3 Å². The molecule has 1 heterocycles. The third-order valence-electron chi connectivity index (χ3n) is 3.17. The minimum atomic E-state index is -2.82. The van der Waals surface area contributed by atoms with Gasteiger partial charge in [0.15, 0.2) is 0 Å². The predicted molar refractivity (Wildman–Crippen MR) is 76.4 cm³/mol. The molecule has 3 nitrogen and oxygen atoms in total. The Balaban J connectivity index is 1.76. The molecule has 1 N–H and O–H groups in total. The minimum absolute atomic E-state index is 0.126. The van der Waals surface area contributed by atoms with Crippen LogP contribution >= 0.6 is 11.6 Å². The second-order valence-electron chi connectivity index (χ2n) is 4.58. The number of anilines is 1.